The molecular weight excluding hydrogens is 204 g/mol. The lowest BCUT2D eigenvalue weighted by atomic mass is 10.1. The zero-order chi connectivity index (χ0) is 11.6. The molecule has 1 aliphatic heterocycles. The first kappa shape index (κ1) is 12.5. The van der Waals surface area contributed by atoms with Crippen LogP contribution in [0.5, 0.6) is 0 Å². The fraction of sp³-hybridized carbons (Fsp3) is 0.889. The predicted octanol–water partition coefficient (Wildman–Crippen LogP) is -1.58. The highest BCUT2D eigenvalue weighted by Gasteiger charge is 2.40. The number of Topliss-reactive ketones (excluding diaryl/α,β-unsaturated/α-hetero) is 1. The van der Waals surface area contributed by atoms with Gasteiger partial charge in [-0.15, -0.1) is 0 Å². The lowest BCUT2D eigenvalue weighted by Gasteiger charge is -2.22. The van der Waals surface area contributed by atoms with E-state index in [0.29, 0.717) is 0 Å². The van der Waals surface area contributed by atoms with Crippen LogP contribution >= 0.6 is 0 Å². The second kappa shape index (κ2) is 4.54. The Balaban J connectivity index is 2.55. The molecule has 1 heterocycles. The Kier molecular flexibility index (Phi) is 3.80. The van der Waals surface area contributed by atoms with Crippen LogP contribution < -0.4 is 0 Å². The molecule has 1 rings (SSSR count). The third kappa shape index (κ3) is 2.96. The SMILES string of the molecule is CC1(C)OC[C@H]([C@@H](O)[C@H](O)C(=O)CO)O1. The molecule has 0 aromatic rings. The molecule has 0 aromatic carbocycles. The third-order valence-electron chi connectivity index (χ3n) is 2.22. The van der Waals surface area contributed by atoms with E-state index in [1.807, 2.05) is 0 Å². The first-order valence-corrected chi connectivity index (χ1v) is 4.69. The smallest absolute Gasteiger partial charge is 0.189 e. The minimum Gasteiger partial charge on any atom is -0.388 e. The van der Waals surface area contributed by atoms with Crippen LogP contribution in [0.25, 0.3) is 0 Å². The highest BCUT2D eigenvalue weighted by Crippen LogP contribution is 2.25. The van der Waals surface area contributed by atoms with Crippen LogP contribution in [0, 0.1) is 0 Å². The summed E-state index contributed by atoms with van der Waals surface area (Å²) in [5.41, 5.74) is 0. The van der Waals surface area contributed by atoms with E-state index in [4.69, 9.17) is 14.6 Å². The van der Waals surface area contributed by atoms with E-state index in [9.17, 15) is 15.0 Å². The van der Waals surface area contributed by atoms with Gasteiger partial charge in [-0.3, -0.25) is 4.79 Å². The van der Waals surface area contributed by atoms with Crippen molar-refractivity contribution in [3.8, 4) is 0 Å². The number of carbonyl (C=O) groups is 1. The van der Waals surface area contributed by atoms with E-state index in [-0.39, 0.29) is 6.61 Å². The normalized spacial score (nSPS) is 28.7. The van der Waals surface area contributed by atoms with Gasteiger partial charge < -0.3 is 24.8 Å². The molecular formula is C9H16O6. The van der Waals surface area contributed by atoms with E-state index in [1.165, 1.54) is 0 Å². The van der Waals surface area contributed by atoms with Gasteiger partial charge >= 0.3 is 0 Å². The molecule has 0 unspecified atom stereocenters. The van der Waals surface area contributed by atoms with E-state index < -0.39 is 36.5 Å². The number of rotatable bonds is 4. The van der Waals surface area contributed by atoms with Gasteiger partial charge in [0.25, 0.3) is 0 Å². The maximum absolute atomic E-state index is 10.9. The molecule has 0 aliphatic carbocycles. The predicted molar refractivity (Wildman–Crippen MR) is 49.0 cm³/mol. The summed E-state index contributed by atoms with van der Waals surface area (Å²) in [6.45, 7) is 2.62. The van der Waals surface area contributed by atoms with Crippen molar-refractivity contribution in [1.82, 2.24) is 0 Å². The van der Waals surface area contributed by atoms with Gasteiger partial charge in [0.05, 0.1) is 6.61 Å². The first-order chi connectivity index (χ1) is 6.87. The number of carbonyl (C=O) groups excluding carboxylic acids is 1. The Morgan fingerprint density at radius 3 is 2.53 bits per heavy atom. The molecule has 0 bridgehead atoms. The molecule has 0 spiro atoms. The molecule has 0 amide bonds. The number of aliphatic hydroxyl groups excluding tert-OH is 3. The highest BCUT2D eigenvalue weighted by atomic mass is 16.7. The molecule has 1 saturated heterocycles. The van der Waals surface area contributed by atoms with Gasteiger partial charge in [-0.25, -0.2) is 0 Å². The average Bonchev–Trinajstić information content (AvgIpc) is 2.55. The Hall–Kier alpha value is -0.530. The average molecular weight is 220 g/mol. The standard InChI is InChI=1S/C9H16O6/c1-9(2)14-4-6(15-9)8(13)7(12)5(11)3-10/h6-8,10,12-13H,3-4H2,1-2H3/t6-,7-,8-/m1/s1. The minimum absolute atomic E-state index is 0.101. The Bertz CT molecular complexity index is 239. The molecule has 0 saturated carbocycles. The first-order valence-electron chi connectivity index (χ1n) is 4.69. The van der Waals surface area contributed by atoms with Gasteiger partial charge in [0.15, 0.2) is 11.6 Å². The molecule has 0 radical (unpaired) electrons. The number of ether oxygens (including phenoxy) is 2. The summed E-state index contributed by atoms with van der Waals surface area (Å²) in [4.78, 5) is 10.9. The Morgan fingerprint density at radius 2 is 2.13 bits per heavy atom. The third-order valence-corrected chi connectivity index (χ3v) is 2.22. The fourth-order valence-corrected chi connectivity index (χ4v) is 1.37. The van der Waals surface area contributed by atoms with E-state index >= 15 is 0 Å². The molecule has 88 valence electrons. The maximum Gasteiger partial charge on any atom is 0.189 e. The molecule has 6 heteroatoms. The number of hydrogen-bond donors (Lipinski definition) is 3. The topological polar surface area (TPSA) is 96.2 Å². The summed E-state index contributed by atoms with van der Waals surface area (Å²) < 4.78 is 10.4. The van der Waals surface area contributed by atoms with Gasteiger partial charge in [0, 0.05) is 0 Å². The molecule has 15 heavy (non-hydrogen) atoms. The van der Waals surface area contributed by atoms with Crippen molar-refractivity contribution < 1.29 is 29.6 Å². The van der Waals surface area contributed by atoms with Gasteiger partial charge in [0.1, 0.15) is 24.9 Å². The lowest BCUT2D eigenvalue weighted by Crippen LogP contribution is -2.44. The number of ketones is 1. The second-order valence-electron chi connectivity index (χ2n) is 3.93. The molecule has 3 atom stereocenters. The van der Waals surface area contributed by atoms with Crippen molar-refractivity contribution in [3.05, 3.63) is 0 Å². The van der Waals surface area contributed by atoms with Crippen molar-refractivity contribution in [2.24, 2.45) is 0 Å². The van der Waals surface area contributed by atoms with Crippen molar-refractivity contribution in [1.29, 1.82) is 0 Å². The maximum atomic E-state index is 10.9. The Labute approximate surface area is 87.4 Å². The monoisotopic (exact) mass is 220 g/mol. The molecule has 3 N–H and O–H groups in total. The van der Waals surface area contributed by atoms with Gasteiger partial charge in [-0.1, -0.05) is 0 Å². The summed E-state index contributed by atoms with van der Waals surface area (Å²) in [6.07, 6.45) is -3.78. The lowest BCUT2D eigenvalue weighted by molar-refractivity contribution is -0.165. The fourth-order valence-electron chi connectivity index (χ4n) is 1.37. The van der Waals surface area contributed by atoms with Crippen LogP contribution in [0.15, 0.2) is 0 Å². The summed E-state index contributed by atoms with van der Waals surface area (Å²) in [7, 11) is 0. The largest absolute Gasteiger partial charge is 0.388 e. The van der Waals surface area contributed by atoms with Crippen molar-refractivity contribution in [2.75, 3.05) is 13.2 Å². The van der Waals surface area contributed by atoms with Crippen LogP contribution in [-0.2, 0) is 14.3 Å². The highest BCUT2D eigenvalue weighted by molar-refractivity contribution is 5.84. The van der Waals surface area contributed by atoms with Crippen molar-refractivity contribution in [2.45, 2.75) is 37.9 Å². The van der Waals surface area contributed by atoms with E-state index in [2.05, 4.69) is 0 Å². The van der Waals surface area contributed by atoms with Crippen molar-refractivity contribution >= 4 is 5.78 Å². The molecule has 1 aliphatic rings. The van der Waals surface area contributed by atoms with Gasteiger partial charge in [-0.2, -0.15) is 0 Å². The van der Waals surface area contributed by atoms with Gasteiger partial charge in [-0.05, 0) is 13.8 Å². The summed E-state index contributed by atoms with van der Waals surface area (Å²) in [5, 5.41) is 27.4. The van der Waals surface area contributed by atoms with E-state index in [1.54, 1.807) is 13.8 Å². The van der Waals surface area contributed by atoms with Crippen LogP contribution in [0.2, 0.25) is 0 Å². The molecule has 6 nitrogen and oxygen atoms in total. The van der Waals surface area contributed by atoms with Crippen LogP contribution in [0.1, 0.15) is 13.8 Å². The second-order valence-corrected chi connectivity index (χ2v) is 3.93. The van der Waals surface area contributed by atoms with Crippen molar-refractivity contribution in [3.63, 3.8) is 0 Å². The number of hydrogen-bond acceptors (Lipinski definition) is 6. The van der Waals surface area contributed by atoms with Crippen LogP contribution in [-0.4, -0.2) is 58.4 Å². The zero-order valence-corrected chi connectivity index (χ0v) is 8.71. The Morgan fingerprint density at radius 1 is 1.53 bits per heavy atom. The summed E-state index contributed by atoms with van der Waals surface area (Å²) >= 11 is 0. The van der Waals surface area contributed by atoms with Crippen LogP contribution in [0.3, 0.4) is 0 Å². The van der Waals surface area contributed by atoms with Gasteiger partial charge in [0.2, 0.25) is 0 Å². The summed E-state index contributed by atoms with van der Waals surface area (Å²) in [5.74, 6) is -1.66. The zero-order valence-electron chi connectivity index (χ0n) is 8.71. The quantitative estimate of drug-likeness (QED) is 0.529. The van der Waals surface area contributed by atoms with E-state index in [0.717, 1.165) is 0 Å². The van der Waals surface area contributed by atoms with Crippen LogP contribution in [0.4, 0.5) is 0 Å². The number of aliphatic hydroxyl groups is 3. The molecule has 0 aromatic heterocycles. The molecule has 1 fully saturated rings. The minimum atomic E-state index is -1.64. The summed E-state index contributed by atoms with van der Waals surface area (Å²) in [6, 6.07) is 0.